The summed E-state index contributed by atoms with van der Waals surface area (Å²) in [5.74, 6) is -0.426. The maximum absolute atomic E-state index is 12.9. The number of hydrogen-bond acceptors (Lipinski definition) is 2. The van der Waals surface area contributed by atoms with Gasteiger partial charge in [0.1, 0.15) is 6.04 Å². The van der Waals surface area contributed by atoms with Gasteiger partial charge in [0.15, 0.2) is 0 Å². The van der Waals surface area contributed by atoms with Crippen molar-refractivity contribution in [1.82, 2.24) is 10.6 Å². The molecule has 0 bridgehead atoms. The number of amides is 2. The van der Waals surface area contributed by atoms with Gasteiger partial charge in [-0.25, -0.2) is 0 Å². The number of carbonyl (C=O) groups is 2. The van der Waals surface area contributed by atoms with Crippen LogP contribution < -0.4 is 10.6 Å². The van der Waals surface area contributed by atoms with Crippen molar-refractivity contribution in [2.75, 3.05) is 0 Å². The Bertz CT molecular complexity index is 834. The predicted octanol–water partition coefficient (Wildman–Crippen LogP) is 4.66. The molecule has 0 aliphatic heterocycles. The second kappa shape index (κ2) is 10.3. The van der Waals surface area contributed by atoms with Crippen molar-refractivity contribution in [3.05, 3.63) is 71.3 Å². The van der Waals surface area contributed by atoms with E-state index in [1.165, 1.54) is 12.1 Å². The van der Waals surface area contributed by atoms with Crippen molar-refractivity contribution in [2.24, 2.45) is 5.92 Å². The van der Waals surface area contributed by atoms with E-state index in [9.17, 15) is 22.8 Å². The van der Waals surface area contributed by atoms with Gasteiger partial charge < -0.3 is 10.6 Å². The van der Waals surface area contributed by atoms with E-state index in [0.717, 1.165) is 12.1 Å². The van der Waals surface area contributed by atoms with E-state index >= 15 is 0 Å². The number of rotatable bonds is 8. The summed E-state index contributed by atoms with van der Waals surface area (Å²) in [5.41, 5.74) is 0.629. The molecule has 162 valence electrons. The van der Waals surface area contributed by atoms with E-state index in [2.05, 4.69) is 10.6 Å². The van der Waals surface area contributed by atoms with Gasteiger partial charge in [-0.05, 0) is 42.5 Å². The van der Waals surface area contributed by atoms with Gasteiger partial charge >= 0.3 is 6.18 Å². The molecular weight excluding hydrogens is 393 g/mol. The standard InChI is InChI=1S/C23H27F3N2O2/c1-15(2)13-20(29)28-21(18-7-5-4-6-8-18)22(30)27-16(3)14-17-9-11-19(12-10-17)23(24,25)26/h4-12,15-16,21H,13-14H2,1-3H3,(H,27,30)(H,28,29). The molecule has 0 aliphatic rings. The monoisotopic (exact) mass is 420 g/mol. The molecule has 0 saturated carbocycles. The molecule has 0 aliphatic carbocycles. The van der Waals surface area contributed by atoms with Crippen molar-refractivity contribution < 1.29 is 22.8 Å². The molecule has 0 aromatic heterocycles. The van der Waals surface area contributed by atoms with Gasteiger partial charge in [0.05, 0.1) is 5.56 Å². The van der Waals surface area contributed by atoms with E-state index in [4.69, 9.17) is 0 Å². The van der Waals surface area contributed by atoms with Crippen LogP contribution in [0.3, 0.4) is 0 Å². The van der Waals surface area contributed by atoms with Crippen molar-refractivity contribution >= 4 is 11.8 Å². The van der Waals surface area contributed by atoms with Crippen LogP contribution in [0.2, 0.25) is 0 Å². The van der Waals surface area contributed by atoms with Gasteiger partial charge in [0, 0.05) is 12.5 Å². The summed E-state index contributed by atoms with van der Waals surface area (Å²) in [7, 11) is 0. The molecule has 2 rings (SSSR count). The average Bonchev–Trinajstić information content (AvgIpc) is 2.65. The highest BCUT2D eigenvalue weighted by Crippen LogP contribution is 2.29. The molecule has 0 radical (unpaired) electrons. The second-order valence-electron chi connectivity index (χ2n) is 7.82. The van der Waals surface area contributed by atoms with Gasteiger partial charge in [-0.15, -0.1) is 0 Å². The lowest BCUT2D eigenvalue weighted by molar-refractivity contribution is -0.137. The van der Waals surface area contributed by atoms with E-state index in [-0.39, 0.29) is 23.8 Å². The fourth-order valence-corrected chi connectivity index (χ4v) is 3.10. The first-order valence-electron chi connectivity index (χ1n) is 9.87. The molecule has 2 unspecified atom stereocenters. The Morgan fingerprint density at radius 3 is 2.03 bits per heavy atom. The molecule has 2 aromatic rings. The lowest BCUT2D eigenvalue weighted by atomic mass is 10.0. The first-order chi connectivity index (χ1) is 14.1. The maximum atomic E-state index is 12.9. The molecule has 7 heteroatoms. The Morgan fingerprint density at radius 1 is 0.900 bits per heavy atom. The third kappa shape index (κ3) is 7.21. The minimum atomic E-state index is -4.38. The number of halogens is 3. The third-order valence-electron chi connectivity index (χ3n) is 4.51. The minimum absolute atomic E-state index is 0.156. The van der Waals surface area contributed by atoms with E-state index in [1.807, 2.05) is 19.9 Å². The normalized spacial score (nSPS) is 13.6. The number of benzene rings is 2. The lowest BCUT2D eigenvalue weighted by Gasteiger charge is -2.22. The molecule has 2 N–H and O–H groups in total. The van der Waals surface area contributed by atoms with Crippen LogP contribution in [0.25, 0.3) is 0 Å². The highest BCUT2D eigenvalue weighted by atomic mass is 19.4. The fraction of sp³-hybridized carbons (Fsp3) is 0.391. The topological polar surface area (TPSA) is 58.2 Å². The largest absolute Gasteiger partial charge is 0.416 e. The summed E-state index contributed by atoms with van der Waals surface area (Å²) < 4.78 is 38.1. The molecule has 30 heavy (non-hydrogen) atoms. The zero-order valence-corrected chi connectivity index (χ0v) is 17.3. The zero-order chi connectivity index (χ0) is 22.3. The van der Waals surface area contributed by atoms with Gasteiger partial charge in [-0.3, -0.25) is 9.59 Å². The molecule has 2 amide bonds. The SMILES string of the molecule is CC(C)CC(=O)NC(C(=O)NC(C)Cc1ccc(C(F)(F)F)cc1)c1ccccc1. The molecule has 0 fully saturated rings. The van der Waals surface area contributed by atoms with Crippen LogP contribution in [-0.4, -0.2) is 17.9 Å². The van der Waals surface area contributed by atoms with E-state index in [1.54, 1.807) is 31.2 Å². The number of hydrogen-bond donors (Lipinski definition) is 2. The summed E-state index contributed by atoms with van der Waals surface area (Å²) in [6.07, 6.45) is -3.71. The Balaban J connectivity index is 2.05. The first-order valence-corrected chi connectivity index (χ1v) is 9.87. The summed E-state index contributed by atoms with van der Waals surface area (Å²) in [6, 6.07) is 12.6. The molecule has 2 atom stereocenters. The average molecular weight is 420 g/mol. The number of alkyl halides is 3. The molecular formula is C23H27F3N2O2. The highest BCUT2D eigenvalue weighted by Gasteiger charge is 2.30. The zero-order valence-electron chi connectivity index (χ0n) is 17.3. The van der Waals surface area contributed by atoms with Crippen LogP contribution in [-0.2, 0) is 22.2 Å². The lowest BCUT2D eigenvalue weighted by Crippen LogP contribution is -2.44. The summed E-state index contributed by atoms with van der Waals surface area (Å²) in [5, 5.41) is 5.64. The molecule has 4 nitrogen and oxygen atoms in total. The van der Waals surface area contributed by atoms with Gasteiger partial charge in [-0.2, -0.15) is 13.2 Å². The Labute approximate surface area is 174 Å². The minimum Gasteiger partial charge on any atom is -0.351 e. The molecule has 0 spiro atoms. The quantitative estimate of drug-likeness (QED) is 0.653. The van der Waals surface area contributed by atoms with E-state index < -0.39 is 17.8 Å². The summed E-state index contributed by atoms with van der Waals surface area (Å²) in [4.78, 5) is 25.1. The Kier molecular flexibility index (Phi) is 8.03. The van der Waals surface area contributed by atoms with Crippen LogP contribution >= 0.6 is 0 Å². The van der Waals surface area contributed by atoms with Gasteiger partial charge in [0.25, 0.3) is 0 Å². The summed E-state index contributed by atoms with van der Waals surface area (Å²) >= 11 is 0. The van der Waals surface area contributed by atoms with Crippen LogP contribution in [0.5, 0.6) is 0 Å². The van der Waals surface area contributed by atoms with Crippen LogP contribution in [0.4, 0.5) is 13.2 Å². The number of carbonyl (C=O) groups excluding carboxylic acids is 2. The predicted molar refractivity (Wildman–Crippen MR) is 110 cm³/mol. The van der Waals surface area contributed by atoms with Crippen molar-refractivity contribution in [2.45, 2.75) is 51.9 Å². The maximum Gasteiger partial charge on any atom is 0.416 e. The van der Waals surface area contributed by atoms with Crippen LogP contribution in [0, 0.1) is 5.92 Å². The van der Waals surface area contributed by atoms with Crippen molar-refractivity contribution in [3.63, 3.8) is 0 Å². The Hall–Kier alpha value is -2.83. The third-order valence-corrected chi connectivity index (χ3v) is 4.51. The van der Waals surface area contributed by atoms with Gasteiger partial charge in [-0.1, -0.05) is 56.3 Å². The molecule has 0 heterocycles. The fourth-order valence-electron chi connectivity index (χ4n) is 3.10. The van der Waals surface area contributed by atoms with Crippen molar-refractivity contribution in [1.29, 1.82) is 0 Å². The smallest absolute Gasteiger partial charge is 0.351 e. The summed E-state index contributed by atoms with van der Waals surface area (Å²) in [6.45, 7) is 5.61. The second-order valence-corrected chi connectivity index (χ2v) is 7.82. The van der Waals surface area contributed by atoms with Crippen molar-refractivity contribution in [3.8, 4) is 0 Å². The first kappa shape index (κ1) is 23.4. The number of nitrogens with one attached hydrogen (secondary N) is 2. The van der Waals surface area contributed by atoms with E-state index in [0.29, 0.717) is 24.0 Å². The molecule has 2 aromatic carbocycles. The van der Waals surface area contributed by atoms with Crippen LogP contribution in [0.15, 0.2) is 54.6 Å². The highest BCUT2D eigenvalue weighted by molar-refractivity contribution is 5.88. The molecule has 0 saturated heterocycles. The Morgan fingerprint density at radius 2 is 1.50 bits per heavy atom. The van der Waals surface area contributed by atoms with Crippen LogP contribution in [0.1, 0.15) is 49.9 Å². The van der Waals surface area contributed by atoms with Gasteiger partial charge in [0.2, 0.25) is 11.8 Å².